The first kappa shape index (κ1) is 68.4. The van der Waals surface area contributed by atoms with Crippen molar-refractivity contribution < 1.29 is 38.1 Å². The van der Waals surface area contributed by atoms with E-state index in [2.05, 4.69) is 228 Å². The number of benzene rings is 11. The fraction of sp³-hybridized carbons (Fsp3) is 0.230. The quantitative estimate of drug-likeness (QED) is 0.0243. The Bertz CT molecular complexity index is 3730. The number of thiol groups is 1. The fourth-order valence-corrected chi connectivity index (χ4v) is 12.7. The minimum absolute atomic E-state index is 0.216. The minimum atomic E-state index is -0.441. The maximum absolute atomic E-state index is 13.3. The molecule has 1 amide bonds. The molecule has 0 spiro atoms. The van der Waals surface area contributed by atoms with Gasteiger partial charge in [0.1, 0.15) is 60.9 Å². The van der Waals surface area contributed by atoms with Crippen LogP contribution < -0.4 is 28.4 Å². The summed E-state index contributed by atoms with van der Waals surface area (Å²) < 4.78 is 38.0. The first-order valence-electron chi connectivity index (χ1n) is 33.6. The molecule has 11 rings (SSSR count). The first-order chi connectivity index (χ1) is 47.4. The van der Waals surface area contributed by atoms with Gasteiger partial charge in [-0.3, -0.25) is 9.63 Å². The third-order valence-electron chi connectivity index (χ3n) is 18.6. The number of carbonyl (C=O) groups excluding carboxylic acids is 1. The third-order valence-corrected chi connectivity index (χ3v) is 18.9. The Morgan fingerprint density at radius 3 is 0.804 bits per heavy atom. The Balaban J connectivity index is 0.756. The molecule has 0 unspecified atom stereocenters. The molecule has 9 nitrogen and oxygen atoms in total. The number of hydroxylamine groups is 2. The Morgan fingerprint density at radius 1 is 0.309 bits per heavy atom. The molecule has 10 heteroatoms. The summed E-state index contributed by atoms with van der Waals surface area (Å²) in [6, 6.07) is 99.3. The molecule has 0 atom stereocenters. The smallest absolute Gasteiger partial charge is 0.277 e. The Morgan fingerprint density at radius 2 is 0.546 bits per heavy atom. The van der Waals surface area contributed by atoms with E-state index in [1.54, 1.807) is 31.3 Å². The third kappa shape index (κ3) is 18.7. The van der Waals surface area contributed by atoms with Gasteiger partial charge in [-0.1, -0.05) is 215 Å². The van der Waals surface area contributed by atoms with Crippen LogP contribution in [0.1, 0.15) is 125 Å². The second kappa shape index (κ2) is 33.6. The number of amides is 1. The van der Waals surface area contributed by atoms with Crippen molar-refractivity contribution >= 4 is 18.5 Å². The molecule has 0 N–H and O–H groups in total. The van der Waals surface area contributed by atoms with Gasteiger partial charge in [0.15, 0.2) is 0 Å². The van der Waals surface area contributed by atoms with Crippen LogP contribution in [0.5, 0.6) is 34.5 Å². The van der Waals surface area contributed by atoms with Crippen molar-refractivity contribution in [2.45, 2.75) is 107 Å². The number of hydrogen-bond donors (Lipinski definition) is 1. The highest BCUT2D eigenvalue weighted by molar-refractivity contribution is 7.80. The van der Waals surface area contributed by atoms with Gasteiger partial charge in [0.2, 0.25) is 0 Å². The fourth-order valence-electron chi connectivity index (χ4n) is 12.5. The van der Waals surface area contributed by atoms with Gasteiger partial charge in [-0.25, -0.2) is 5.06 Å². The van der Waals surface area contributed by atoms with Gasteiger partial charge >= 0.3 is 0 Å². The van der Waals surface area contributed by atoms with Crippen LogP contribution in [-0.2, 0) is 47.5 Å². The van der Waals surface area contributed by atoms with Crippen LogP contribution in [0.2, 0.25) is 0 Å². The summed E-state index contributed by atoms with van der Waals surface area (Å²) in [6.45, 7) is 10.3. The number of nitrogens with zero attached hydrogens (tertiary/aromatic N) is 1. The van der Waals surface area contributed by atoms with Crippen LogP contribution in [-0.4, -0.2) is 37.8 Å². The maximum atomic E-state index is 13.3. The molecule has 0 aliphatic carbocycles. The summed E-state index contributed by atoms with van der Waals surface area (Å²) in [7, 11) is 1.66. The summed E-state index contributed by atoms with van der Waals surface area (Å²) in [5.74, 6) is 4.70. The lowest BCUT2D eigenvalue weighted by molar-refractivity contribution is -0.107. The van der Waals surface area contributed by atoms with Crippen molar-refractivity contribution in [3.8, 4) is 34.5 Å². The van der Waals surface area contributed by atoms with Gasteiger partial charge in [0.05, 0.1) is 19.8 Å². The number of carbonyl (C=O) groups is 1. The highest BCUT2D eigenvalue weighted by Crippen LogP contribution is 2.42. The summed E-state index contributed by atoms with van der Waals surface area (Å²) in [5.41, 5.74) is 11.0. The van der Waals surface area contributed by atoms with Gasteiger partial charge in [0, 0.05) is 33.8 Å². The van der Waals surface area contributed by atoms with E-state index in [1.807, 2.05) is 72.8 Å². The zero-order valence-corrected chi connectivity index (χ0v) is 57.0. The molecular formula is C87H87NO8S. The van der Waals surface area contributed by atoms with E-state index in [1.165, 1.54) is 27.3 Å². The monoisotopic (exact) mass is 1310 g/mol. The van der Waals surface area contributed by atoms with Crippen molar-refractivity contribution in [3.05, 3.63) is 352 Å². The van der Waals surface area contributed by atoms with Crippen LogP contribution in [0, 0.1) is 0 Å². The normalized spacial score (nSPS) is 11.6. The Labute approximate surface area is 578 Å². The van der Waals surface area contributed by atoms with Gasteiger partial charge in [-0.2, -0.15) is 0 Å². The predicted molar refractivity (Wildman–Crippen MR) is 392 cm³/mol. The zero-order chi connectivity index (χ0) is 67.1. The molecule has 97 heavy (non-hydrogen) atoms. The topological polar surface area (TPSA) is 84.9 Å². The molecule has 0 aliphatic heterocycles. The van der Waals surface area contributed by atoms with Crippen molar-refractivity contribution in [1.82, 2.24) is 5.06 Å². The summed E-state index contributed by atoms with van der Waals surface area (Å²) >= 11 is 4.40. The Kier molecular flexibility index (Phi) is 23.7. The standard InChI is InChI=1S/C87H87NO8S/c1-85(73-34-46-79(47-35-73)92-62-66-20-9-5-10-21-66,74-36-48-80(49-37-74)93-63-67-22-11-6-12-23-67)56-17-59-90-77-42-30-71(31-43-77)87(3,58-19-61-96-88(4)84(89)70-28-54-83(97)55-29-70)72-32-44-78(45-33-72)91-60-18-57-86(2,75-38-50-81(51-39-75)94-64-68-24-13-7-14-25-68)76-40-52-82(53-41-76)95-65-69-26-15-8-16-27-69/h5-16,20-55,97H,17-19,56-65H2,1-4H3. The Hall–Kier alpha value is -10.0. The van der Waals surface area contributed by atoms with E-state index < -0.39 is 5.41 Å². The van der Waals surface area contributed by atoms with Gasteiger partial charge in [0.25, 0.3) is 5.91 Å². The lowest BCUT2D eigenvalue weighted by Crippen LogP contribution is -2.29. The van der Waals surface area contributed by atoms with Crippen LogP contribution in [0.25, 0.3) is 0 Å². The first-order valence-corrected chi connectivity index (χ1v) is 34.1. The molecule has 0 saturated carbocycles. The van der Waals surface area contributed by atoms with Crippen molar-refractivity contribution in [3.63, 3.8) is 0 Å². The second-order valence-corrected chi connectivity index (χ2v) is 25.9. The van der Waals surface area contributed by atoms with Crippen LogP contribution in [0.3, 0.4) is 0 Å². The van der Waals surface area contributed by atoms with Crippen molar-refractivity contribution in [2.24, 2.45) is 0 Å². The number of ether oxygens (including phenoxy) is 6. The molecule has 0 bridgehead atoms. The average molecular weight is 1310 g/mol. The molecular weight excluding hydrogens is 1220 g/mol. The lowest BCUT2D eigenvalue weighted by atomic mass is 9.73. The SMILES string of the molecule is CN(OCCCC(C)(c1ccc(OCCCC(C)(c2ccc(OCc3ccccc3)cc2)c2ccc(OCc3ccccc3)cc2)cc1)c1ccc(OCCCC(C)(c2ccc(OCc3ccccc3)cc2)c2ccc(OCc3ccccc3)cc2)cc1)C(=O)c1ccc(S)cc1. The predicted octanol–water partition coefficient (Wildman–Crippen LogP) is 20.4. The molecule has 0 saturated heterocycles. The van der Waals surface area contributed by atoms with E-state index in [9.17, 15) is 4.79 Å². The summed E-state index contributed by atoms with van der Waals surface area (Å²) in [5, 5.41) is 1.32. The zero-order valence-electron chi connectivity index (χ0n) is 56.1. The molecule has 0 heterocycles. The number of hydrogen-bond acceptors (Lipinski definition) is 9. The highest BCUT2D eigenvalue weighted by atomic mass is 32.1. The molecule has 0 radical (unpaired) electrons. The highest BCUT2D eigenvalue weighted by Gasteiger charge is 2.32. The second-order valence-electron chi connectivity index (χ2n) is 25.4. The minimum Gasteiger partial charge on any atom is -0.494 e. The summed E-state index contributed by atoms with van der Waals surface area (Å²) in [4.78, 5) is 20.2. The molecule has 494 valence electrons. The van der Waals surface area contributed by atoms with Gasteiger partial charge in [-0.05, 0) is 191 Å². The van der Waals surface area contributed by atoms with Gasteiger partial charge < -0.3 is 28.4 Å². The molecule has 11 aromatic rings. The van der Waals surface area contributed by atoms with E-state index in [4.69, 9.17) is 33.3 Å². The van der Waals surface area contributed by atoms with E-state index in [0.29, 0.717) is 58.2 Å². The molecule has 11 aromatic carbocycles. The van der Waals surface area contributed by atoms with E-state index in [-0.39, 0.29) is 16.7 Å². The van der Waals surface area contributed by atoms with Crippen LogP contribution >= 0.6 is 12.6 Å². The van der Waals surface area contributed by atoms with Crippen molar-refractivity contribution in [2.75, 3.05) is 26.9 Å². The lowest BCUT2D eigenvalue weighted by Gasteiger charge is -2.32. The molecule has 0 fully saturated rings. The number of rotatable bonds is 34. The van der Waals surface area contributed by atoms with Crippen LogP contribution in [0.15, 0.2) is 296 Å². The van der Waals surface area contributed by atoms with Gasteiger partial charge in [-0.15, -0.1) is 12.6 Å². The summed E-state index contributed by atoms with van der Waals surface area (Å²) in [6.07, 6.45) is 4.70. The molecule has 0 aliphatic rings. The van der Waals surface area contributed by atoms with E-state index >= 15 is 0 Å². The van der Waals surface area contributed by atoms with E-state index in [0.717, 1.165) is 105 Å². The van der Waals surface area contributed by atoms with Crippen LogP contribution in [0.4, 0.5) is 0 Å². The average Bonchev–Trinajstić information content (AvgIpc) is 0.966. The maximum Gasteiger partial charge on any atom is 0.277 e. The molecule has 0 aromatic heterocycles. The largest absolute Gasteiger partial charge is 0.494 e. The van der Waals surface area contributed by atoms with Crippen molar-refractivity contribution in [1.29, 1.82) is 0 Å².